The van der Waals surface area contributed by atoms with Gasteiger partial charge < -0.3 is 94.4 Å². The second-order valence-electron chi connectivity index (χ2n) is 23.8. The first-order chi connectivity index (χ1) is 30.8. The average Bonchev–Trinajstić information content (AvgIpc) is 3.84. The minimum absolute atomic E-state index is 0.0731. The second-order valence-corrected chi connectivity index (χ2v) is 23.8. The lowest BCUT2D eigenvalue weighted by molar-refractivity contribution is -0.366. The summed E-state index contributed by atoms with van der Waals surface area (Å²) >= 11 is 0. The van der Waals surface area contributed by atoms with Crippen molar-refractivity contribution in [1.82, 2.24) is 0 Å². The maximum atomic E-state index is 12.6. The molecule has 0 aromatic rings. The van der Waals surface area contributed by atoms with E-state index in [1.54, 1.807) is 0 Å². The summed E-state index contributed by atoms with van der Waals surface area (Å²) in [6.45, 7) is 13.2. The average molecular weight is 947 g/mol. The van der Waals surface area contributed by atoms with Gasteiger partial charge in [0.15, 0.2) is 18.9 Å². The van der Waals surface area contributed by atoms with Crippen molar-refractivity contribution >= 4 is 0 Å². The van der Waals surface area contributed by atoms with Crippen molar-refractivity contribution in [3.8, 4) is 0 Å². The van der Waals surface area contributed by atoms with Crippen LogP contribution in [0.15, 0.2) is 0 Å². The van der Waals surface area contributed by atoms with Gasteiger partial charge in [-0.25, -0.2) is 0 Å². The van der Waals surface area contributed by atoms with E-state index >= 15 is 0 Å². The van der Waals surface area contributed by atoms with E-state index < -0.39 is 140 Å². The highest BCUT2D eigenvalue weighted by Gasteiger charge is 2.85. The van der Waals surface area contributed by atoms with Crippen molar-refractivity contribution in [3.63, 3.8) is 0 Å². The molecule has 66 heavy (non-hydrogen) atoms. The molecule has 12 N–H and O–H groups in total. The van der Waals surface area contributed by atoms with E-state index in [0.29, 0.717) is 32.1 Å². The lowest BCUT2D eigenvalue weighted by Crippen LogP contribution is -2.65. The maximum Gasteiger partial charge on any atom is 0.187 e. The molecule has 5 saturated carbocycles. The van der Waals surface area contributed by atoms with Crippen LogP contribution in [0.4, 0.5) is 0 Å². The molecule has 0 aromatic heterocycles. The molecule has 4 aliphatic heterocycles. The molecule has 19 heteroatoms. The van der Waals surface area contributed by atoms with Crippen LogP contribution in [0.1, 0.15) is 106 Å². The first-order valence-electron chi connectivity index (χ1n) is 24.4. The van der Waals surface area contributed by atoms with Crippen LogP contribution in [0.5, 0.6) is 0 Å². The number of hydrogen-bond acceptors (Lipinski definition) is 19. The van der Waals surface area contributed by atoms with Gasteiger partial charge in [-0.3, -0.25) is 0 Å². The van der Waals surface area contributed by atoms with Crippen molar-refractivity contribution in [3.05, 3.63) is 0 Å². The van der Waals surface area contributed by atoms with Gasteiger partial charge in [0.1, 0.15) is 67.1 Å². The van der Waals surface area contributed by atoms with Gasteiger partial charge in [-0.2, -0.15) is 0 Å². The summed E-state index contributed by atoms with van der Waals surface area (Å²) in [7, 11) is 0. The third-order valence-electron chi connectivity index (χ3n) is 19.8. The Bertz CT molecular complexity index is 1770. The van der Waals surface area contributed by atoms with Gasteiger partial charge in [0.25, 0.3) is 0 Å². The Balaban J connectivity index is 0.911. The van der Waals surface area contributed by atoms with Gasteiger partial charge in [-0.1, -0.05) is 27.7 Å². The summed E-state index contributed by atoms with van der Waals surface area (Å²) in [4.78, 5) is 0. The fourth-order valence-electron chi connectivity index (χ4n) is 16.6. The molecule has 5 aliphatic carbocycles. The minimum atomic E-state index is -1.75. The van der Waals surface area contributed by atoms with Crippen molar-refractivity contribution in [2.24, 2.45) is 44.8 Å². The fourth-order valence-corrected chi connectivity index (χ4v) is 16.6. The maximum absolute atomic E-state index is 12.6. The van der Waals surface area contributed by atoms with Crippen molar-refractivity contribution in [1.29, 1.82) is 0 Å². The Hall–Kier alpha value is -0.760. The number of fused-ring (bicyclic) bond motifs is 2. The molecule has 0 aromatic carbocycles. The summed E-state index contributed by atoms with van der Waals surface area (Å²) in [6, 6.07) is 0. The van der Waals surface area contributed by atoms with Crippen LogP contribution in [-0.4, -0.2) is 203 Å². The molecule has 9 rings (SSSR count). The summed E-state index contributed by atoms with van der Waals surface area (Å²) < 4.78 is 43.3. The summed E-state index contributed by atoms with van der Waals surface area (Å²) in [6.07, 6.45) is -16.8. The topological polar surface area (TPSA) is 307 Å². The summed E-state index contributed by atoms with van der Waals surface area (Å²) in [5.74, 6) is -0.313. The quantitative estimate of drug-likeness (QED) is 0.118. The van der Waals surface area contributed by atoms with Crippen LogP contribution in [0.2, 0.25) is 0 Å². The van der Waals surface area contributed by atoms with Gasteiger partial charge in [0.05, 0.1) is 55.4 Å². The zero-order chi connectivity index (χ0) is 48.1. The lowest BCUT2D eigenvalue weighted by Gasteiger charge is -2.65. The molecule has 9 fully saturated rings. The molecule has 9 aliphatic rings. The van der Waals surface area contributed by atoms with Gasteiger partial charge in [-0.05, 0) is 117 Å². The van der Waals surface area contributed by atoms with Crippen molar-refractivity contribution in [2.45, 2.75) is 228 Å². The van der Waals surface area contributed by atoms with Gasteiger partial charge in [-0.15, -0.1) is 0 Å². The number of aliphatic hydroxyl groups is 12. The van der Waals surface area contributed by atoms with Gasteiger partial charge in [0.2, 0.25) is 0 Å². The van der Waals surface area contributed by atoms with Crippen LogP contribution in [-0.2, 0) is 33.2 Å². The van der Waals surface area contributed by atoms with Crippen molar-refractivity contribution in [2.75, 3.05) is 19.8 Å². The van der Waals surface area contributed by atoms with Gasteiger partial charge >= 0.3 is 0 Å². The van der Waals surface area contributed by atoms with Crippen LogP contribution >= 0.6 is 0 Å². The third-order valence-corrected chi connectivity index (χ3v) is 19.8. The number of hydrogen-bond donors (Lipinski definition) is 12. The van der Waals surface area contributed by atoms with Crippen LogP contribution in [0.3, 0.4) is 0 Å². The van der Waals surface area contributed by atoms with E-state index in [9.17, 15) is 61.3 Å². The standard InChI is InChI=1S/C47H78O19/c1-41(2)26(63-40-35(28(53)22(52)18-60-40)65-39-34(59)32(57)30(55)24(17-49)62-39)9-11-47-19-46(47)13-12-43(5)37(21(51)15-44(43,6)25(46)14-20(50)36(41)47)45(7)10-8-27(42(3,4)66-45)64-38-33(58)31(56)29(54)23(16-48)61-38/h20-40,48-59H,8-19H2,1-7H3. The molecule has 4 heterocycles. The fraction of sp³-hybridized carbons (Fsp3) is 1.00. The van der Waals surface area contributed by atoms with Crippen LogP contribution in [0, 0.1) is 44.8 Å². The SMILES string of the molecule is CC1(C)OC(C)(C2C(O)CC3(C)C4CC(O)C5C(C)(C)C(OC6OCC(O)C(O)C6OC6OC(CO)C(O)C(O)C6O)CCC56CC46CCC23C)CCC1OC1OC(CO)C(O)C(O)C1O. The number of rotatable bonds is 9. The number of aliphatic hydroxyl groups excluding tert-OH is 12. The first kappa shape index (κ1) is 50.2. The van der Waals surface area contributed by atoms with E-state index in [2.05, 4.69) is 34.6 Å². The molecule has 380 valence electrons. The van der Waals surface area contributed by atoms with Crippen LogP contribution in [0.25, 0.3) is 0 Å². The zero-order valence-electron chi connectivity index (χ0n) is 39.3. The molecule has 26 atom stereocenters. The normalized spacial score (nSPS) is 58.7. The first-order valence-corrected chi connectivity index (χ1v) is 24.4. The second kappa shape index (κ2) is 16.9. The van der Waals surface area contributed by atoms with Crippen molar-refractivity contribution < 1.29 is 94.4 Å². The third kappa shape index (κ3) is 7.22. The van der Waals surface area contributed by atoms with Gasteiger partial charge in [0, 0.05) is 5.92 Å². The monoisotopic (exact) mass is 947 g/mol. The Morgan fingerprint density at radius 3 is 1.70 bits per heavy atom. The molecular weight excluding hydrogens is 868 g/mol. The molecule has 4 saturated heterocycles. The molecule has 0 bridgehead atoms. The highest BCUT2D eigenvalue weighted by molar-refractivity contribution is 5.33. The van der Waals surface area contributed by atoms with E-state index in [1.165, 1.54) is 0 Å². The highest BCUT2D eigenvalue weighted by Crippen LogP contribution is 2.89. The molecule has 0 amide bonds. The smallest absolute Gasteiger partial charge is 0.187 e. The molecule has 2 spiro atoms. The lowest BCUT2D eigenvalue weighted by atomic mass is 9.41. The molecule has 26 unspecified atom stereocenters. The predicted molar refractivity (Wildman–Crippen MR) is 226 cm³/mol. The largest absolute Gasteiger partial charge is 0.394 e. The van der Waals surface area contributed by atoms with Crippen LogP contribution < -0.4 is 0 Å². The van der Waals surface area contributed by atoms with E-state index in [1.807, 2.05) is 13.8 Å². The number of ether oxygens (including phenoxy) is 7. The highest BCUT2D eigenvalue weighted by atomic mass is 16.8. The van der Waals surface area contributed by atoms with E-state index in [4.69, 9.17) is 33.2 Å². The van der Waals surface area contributed by atoms with E-state index in [-0.39, 0.29) is 46.0 Å². The predicted octanol–water partition coefficient (Wildman–Crippen LogP) is -1.45. The summed E-state index contributed by atoms with van der Waals surface area (Å²) in [5, 5.41) is 129. The Kier molecular flexibility index (Phi) is 12.9. The Morgan fingerprint density at radius 2 is 1.11 bits per heavy atom. The summed E-state index contributed by atoms with van der Waals surface area (Å²) in [5.41, 5.74) is -3.32. The zero-order valence-corrected chi connectivity index (χ0v) is 39.3. The molecule has 0 radical (unpaired) electrons. The Labute approximate surface area is 386 Å². The minimum Gasteiger partial charge on any atom is -0.394 e. The molecule has 19 nitrogen and oxygen atoms in total. The molecular formula is C47H78O19. The Morgan fingerprint density at radius 1 is 0.530 bits per heavy atom. The van der Waals surface area contributed by atoms with E-state index in [0.717, 1.165) is 25.7 Å².